The van der Waals surface area contributed by atoms with Gasteiger partial charge in [0.15, 0.2) is 0 Å². The Labute approximate surface area is 159 Å². The van der Waals surface area contributed by atoms with E-state index in [2.05, 4.69) is 4.90 Å². The number of aliphatic hydroxyl groups is 1. The Morgan fingerprint density at radius 2 is 2.00 bits per heavy atom. The second-order valence-corrected chi connectivity index (χ2v) is 6.71. The van der Waals surface area contributed by atoms with E-state index in [0.717, 1.165) is 16.9 Å². The topological polar surface area (TPSA) is 79.2 Å². The first-order chi connectivity index (χ1) is 13.1. The van der Waals surface area contributed by atoms with Gasteiger partial charge in [-0.05, 0) is 29.3 Å². The van der Waals surface area contributed by atoms with Gasteiger partial charge in [0.1, 0.15) is 18.1 Å². The molecule has 2 atom stereocenters. The number of aliphatic hydroxyl groups excluding tert-OH is 1. The summed E-state index contributed by atoms with van der Waals surface area (Å²) in [6.45, 7) is 2.01. The molecule has 1 aliphatic rings. The first kappa shape index (κ1) is 19.2. The van der Waals surface area contributed by atoms with Crippen molar-refractivity contribution in [2.24, 2.45) is 5.92 Å². The van der Waals surface area contributed by atoms with Crippen LogP contribution in [0.4, 0.5) is 0 Å². The minimum absolute atomic E-state index is 0.0305. The first-order valence-corrected chi connectivity index (χ1v) is 9.03. The molecule has 0 bridgehead atoms. The first-order valence-electron chi connectivity index (χ1n) is 9.03. The van der Waals surface area contributed by atoms with Crippen LogP contribution < -0.4 is 9.47 Å². The van der Waals surface area contributed by atoms with Crippen molar-refractivity contribution in [3.63, 3.8) is 0 Å². The Hall–Kier alpha value is -2.57. The van der Waals surface area contributed by atoms with Crippen molar-refractivity contribution < 1.29 is 24.5 Å². The van der Waals surface area contributed by atoms with Crippen LogP contribution in [-0.2, 0) is 11.3 Å². The number of ether oxygens (including phenoxy) is 2. The molecule has 1 saturated heterocycles. The molecule has 1 fully saturated rings. The molecule has 2 aromatic rings. The molecular weight excluding hydrogens is 346 g/mol. The summed E-state index contributed by atoms with van der Waals surface area (Å²) in [5.74, 6) is 0.0582. The number of methoxy groups -OCH3 is 1. The smallest absolute Gasteiger partial charge is 0.308 e. The summed E-state index contributed by atoms with van der Waals surface area (Å²) in [6.07, 6.45) is 0. The zero-order valence-corrected chi connectivity index (χ0v) is 15.4. The zero-order chi connectivity index (χ0) is 19.2. The lowest BCUT2D eigenvalue weighted by molar-refractivity contribution is -0.141. The van der Waals surface area contributed by atoms with E-state index in [9.17, 15) is 9.90 Å². The largest absolute Gasteiger partial charge is 0.496 e. The number of aliphatic carboxylic acids is 1. The van der Waals surface area contributed by atoms with Crippen molar-refractivity contribution in [1.82, 2.24) is 4.90 Å². The van der Waals surface area contributed by atoms with Crippen LogP contribution in [0.5, 0.6) is 11.5 Å². The van der Waals surface area contributed by atoms with Gasteiger partial charge >= 0.3 is 5.97 Å². The highest BCUT2D eigenvalue weighted by molar-refractivity contribution is 5.72. The lowest BCUT2D eigenvalue weighted by Gasteiger charge is -2.18. The Kier molecular flexibility index (Phi) is 6.32. The molecule has 0 amide bonds. The van der Waals surface area contributed by atoms with E-state index >= 15 is 0 Å². The van der Waals surface area contributed by atoms with E-state index in [1.165, 1.54) is 0 Å². The molecule has 27 heavy (non-hydrogen) atoms. The summed E-state index contributed by atoms with van der Waals surface area (Å²) in [7, 11) is 1.61. The summed E-state index contributed by atoms with van der Waals surface area (Å²) in [6, 6.07) is 15.3. The highest BCUT2D eigenvalue weighted by Crippen LogP contribution is 2.38. The third kappa shape index (κ3) is 4.59. The number of hydrogen-bond acceptors (Lipinski definition) is 5. The maximum absolute atomic E-state index is 11.8. The predicted molar refractivity (Wildman–Crippen MR) is 101 cm³/mol. The molecular formula is C21H25NO5. The van der Waals surface area contributed by atoms with Crippen LogP contribution in [0.2, 0.25) is 0 Å². The summed E-state index contributed by atoms with van der Waals surface area (Å²) in [5, 5.41) is 18.6. The van der Waals surface area contributed by atoms with Crippen LogP contribution in [0.1, 0.15) is 17.0 Å². The number of benzene rings is 2. The number of rotatable bonds is 8. The fourth-order valence-corrected chi connectivity index (χ4v) is 3.71. The minimum Gasteiger partial charge on any atom is -0.496 e. The average Bonchev–Trinajstić information content (AvgIpc) is 3.10. The summed E-state index contributed by atoms with van der Waals surface area (Å²) in [5.41, 5.74) is 1.99. The standard InChI is InChI=1S/C21H25NO5/c1-26-20-8-3-2-7-17(20)18-13-22(14-19(18)21(24)25)12-15-5-4-6-16(11-15)27-10-9-23/h2-8,11,18-19,23H,9-10,12-14H2,1H3,(H,24,25)/t18-,19+/m0/s1. The van der Waals surface area contributed by atoms with E-state index in [-0.39, 0.29) is 19.1 Å². The van der Waals surface area contributed by atoms with Gasteiger partial charge in [-0.2, -0.15) is 0 Å². The van der Waals surface area contributed by atoms with Crippen LogP contribution in [0.3, 0.4) is 0 Å². The molecule has 0 radical (unpaired) electrons. The van der Waals surface area contributed by atoms with Crippen molar-refractivity contribution >= 4 is 5.97 Å². The number of carboxylic acid groups (broad SMARTS) is 1. The van der Waals surface area contributed by atoms with Crippen molar-refractivity contribution in [1.29, 1.82) is 0 Å². The third-order valence-electron chi connectivity index (χ3n) is 4.92. The van der Waals surface area contributed by atoms with E-state index < -0.39 is 11.9 Å². The number of hydrogen-bond donors (Lipinski definition) is 2. The number of nitrogens with zero attached hydrogens (tertiary/aromatic N) is 1. The van der Waals surface area contributed by atoms with Crippen LogP contribution in [0.25, 0.3) is 0 Å². The maximum Gasteiger partial charge on any atom is 0.308 e. The van der Waals surface area contributed by atoms with E-state index in [4.69, 9.17) is 14.6 Å². The van der Waals surface area contributed by atoms with Crippen molar-refractivity contribution in [2.45, 2.75) is 12.5 Å². The molecule has 3 rings (SSSR count). The van der Waals surface area contributed by atoms with E-state index in [1.807, 2.05) is 48.5 Å². The summed E-state index contributed by atoms with van der Waals surface area (Å²) >= 11 is 0. The molecule has 6 nitrogen and oxygen atoms in total. The monoisotopic (exact) mass is 371 g/mol. The zero-order valence-electron chi connectivity index (χ0n) is 15.4. The second kappa shape index (κ2) is 8.88. The van der Waals surface area contributed by atoms with Crippen LogP contribution in [-0.4, -0.2) is 54.5 Å². The van der Waals surface area contributed by atoms with Crippen LogP contribution >= 0.6 is 0 Å². The Balaban J connectivity index is 1.76. The van der Waals surface area contributed by atoms with Gasteiger partial charge in [0.05, 0.1) is 19.6 Å². The predicted octanol–water partition coefficient (Wildman–Crippen LogP) is 2.37. The molecule has 0 saturated carbocycles. The van der Waals surface area contributed by atoms with E-state index in [0.29, 0.717) is 25.4 Å². The van der Waals surface area contributed by atoms with Crippen molar-refractivity contribution in [3.05, 3.63) is 59.7 Å². The van der Waals surface area contributed by atoms with Gasteiger partial charge in [-0.3, -0.25) is 9.69 Å². The molecule has 6 heteroatoms. The fourth-order valence-electron chi connectivity index (χ4n) is 3.71. The lowest BCUT2D eigenvalue weighted by Crippen LogP contribution is -2.23. The molecule has 144 valence electrons. The number of likely N-dealkylation sites (tertiary alicyclic amines) is 1. The van der Waals surface area contributed by atoms with Gasteiger partial charge in [0.2, 0.25) is 0 Å². The van der Waals surface area contributed by atoms with Gasteiger partial charge in [-0.1, -0.05) is 30.3 Å². The molecule has 1 heterocycles. The minimum atomic E-state index is -0.784. The molecule has 0 spiro atoms. The highest BCUT2D eigenvalue weighted by Gasteiger charge is 2.39. The van der Waals surface area contributed by atoms with E-state index in [1.54, 1.807) is 7.11 Å². The van der Waals surface area contributed by atoms with Gasteiger partial charge in [-0.15, -0.1) is 0 Å². The molecule has 0 unspecified atom stereocenters. The van der Waals surface area contributed by atoms with Gasteiger partial charge in [0, 0.05) is 25.6 Å². The van der Waals surface area contributed by atoms with Gasteiger partial charge < -0.3 is 19.7 Å². The number of para-hydroxylation sites is 1. The van der Waals surface area contributed by atoms with Crippen molar-refractivity contribution in [3.8, 4) is 11.5 Å². The lowest BCUT2D eigenvalue weighted by atomic mass is 9.88. The number of carbonyl (C=O) groups is 1. The summed E-state index contributed by atoms with van der Waals surface area (Å²) < 4.78 is 10.9. The molecule has 0 aliphatic carbocycles. The fraction of sp³-hybridized carbons (Fsp3) is 0.381. The van der Waals surface area contributed by atoms with Crippen LogP contribution in [0, 0.1) is 5.92 Å². The van der Waals surface area contributed by atoms with Gasteiger partial charge in [-0.25, -0.2) is 0 Å². The molecule has 2 aromatic carbocycles. The number of carboxylic acids is 1. The average molecular weight is 371 g/mol. The normalized spacial score (nSPS) is 19.8. The van der Waals surface area contributed by atoms with Crippen LogP contribution in [0.15, 0.2) is 48.5 Å². The van der Waals surface area contributed by atoms with Crippen molar-refractivity contribution in [2.75, 3.05) is 33.4 Å². The van der Waals surface area contributed by atoms with Gasteiger partial charge in [0.25, 0.3) is 0 Å². The molecule has 0 aromatic heterocycles. The SMILES string of the molecule is COc1ccccc1[C@@H]1CN(Cc2cccc(OCCO)c2)C[C@H]1C(=O)O. The highest BCUT2D eigenvalue weighted by atomic mass is 16.5. The second-order valence-electron chi connectivity index (χ2n) is 6.71. The quantitative estimate of drug-likeness (QED) is 0.742. The maximum atomic E-state index is 11.8. The Morgan fingerprint density at radius 3 is 2.74 bits per heavy atom. The summed E-state index contributed by atoms with van der Waals surface area (Å²) in [4.78, 5) is 14.0. The Morgan fingerprint density at radius 1 is 1.19 bits per heavy atom. The Bertz CT molecular complexity index is 779. The third-order valence-corrected chi connectivity index (χ3v) is 4.92. The molecule has 2 N–H and O–H groups in total. The molecule has 1 aliphatic heterocycles.